The summed E-state index contributed by atoms with van der Waals surface area (Å²) >= 11 is 0. The van der Waals surface area contributed by atoms with Crippen LogP contribution in [0.4, 0.5) is 17.3 Å². The molecule has 0 bridgehead atoms. The van der Waals surface area contributed by atoms with Crippen LogP contribution in [0.5, 0.6) is 0 Å². The molecule has 1 saturated heterocycles. The number of fused-ring (bicyclic) bond motifs is 1. The number of nitrogens with one attached hydrogen (secondary N) is 3. The molecule has 3 N–H and O–H groups in total. The highest BCUT2D eigenvalue weighted by Gasteiger charge is 2.26. The number of anilines is 3. The van der Waals surface area contributed by atoms with Gasteiger partial charge >= 0.3 is 0 Å². The molecule has 3 aromatic heterocycles. The van der Waals surface area contributed by atoms with E-state index in [2.05, 4.69) is 26.0 Å². The number of hydrogen-bond acceptors (Lipinski definition) is 7. The van der Waals surface area contributed by atoms with E-state index in [1.807, 2.05) is 6.07 Å². The minimum absolute atomic E-state index is 0.0569. The van der Waals surface area contributed by atoms with Crippen LogP contribution in [0.25, 0.3) is 5.65 Å². The van der Waals surface area contributed by atoms with E-state index in [-0.39, 0.29) is 23.6 Å². The van der Waals surface area contributed by atoms with Crippen molar-refractivity contribution in [3.8, 4) is 0 Å². The molecule has 2 fully saturated rings. The molecule has 32 heavy (non-hydrogen) atoms. The largest absolute Gasteiger partial charge is 0.376 e. The van der Waals surface area contributed by atoms with Crippen LogP contribution in [0, 0.1) is 0 Å². The number of hydrogen-bond donors (Lipinski definition) is 3. The number of aromatic nitrogens is 4. The predicted octanol–water partition coefficient (Wildman–Crippen LogP) is 2.14. The Labute approximate surface area is 185 Å². The maximum Gasteiger partial charge on any atom is 0.274 e. The standard InChI is InChI=1S/C22H27N7O3/c1-23-19-11-18(27-20-16(12-24-29(19)20)21(30)25-14-7-8-14)26-17-6-4-9-28(22(17)31)13-15-5-2-3-10-32-15/h4,6,9,11-12,14-15,23H,2-3,5,7-8,10,13H2,1H3,(H,25,30)(H,26,27)/t15-/m1/s1. The molecule has 0 aromatic carbocycles. The number of carbonyl (C=O) groups is 1. The third kappa shape index (κ3) is 4.18. The van der Waals surface area contributed by atoms with Gasteiger partial charge in [-0.1, -0.05) is 0 Å². The monoisotopic (exact) mass is 437 g/mol. The van der Waals surface area contributed by atoms with Crippen molar-refractivity contribution in [3.05, 3.63) is 46.5 Å². The molecule has 2 aliphatic rings. The molecule has 1 atom stereocenters. The Morgan fingerprint density at radius 2 is 2.16 bits per heavy atom. The van der Waals surface area contributed by atoms with Crippen LogP contribution in [-0.4, -0.2) is 50.9 Å². The summed E-state index contributed by atoms with van der Waals surface area (Å²) in [6.07, 6.45) is 8.50. The first kappa shape index (κ1) is 20.5. The van der Waals surface area contributed by atoms with Gasteiger partial charge in [0.05, 0.1) is 18.8 Å². The number of rotatable bonds is 7. The molecule has 1 aliphatic carbocycles. The lowest BCUT2D eigenvalue weighted by atomic mass is 10.1. The molecule has 0 unspecified atom stereocenters. The topological polar surface area (TPSA) is 115 Å². The van der Waals surface area contributed by atoms with Crippen LogP contribution < -0.4 is 21.5 Å². The average molecular weight is 438 g/mol. The Bertz CT molecular complexity index is 1190. The zero-order valence-electron chi connectivity index (χ0n) is 18.0. The van der Waals surface area contributed by atoms with Crippen molar-refractivity contribution in [2.45, 2.75) is 50.8 Å². The second kappa shape index (κ2) is 8.62. The van der Waals surface area contributed by atoms with E-state index in [9.17, 15) is 9.59 Å². The predicted molar refractivity (Wildman–Crippen MR) is 121 cm³/mol. The summed E-state index contributed by atoms with van der Waals surface area (Å²) in [4.78, 5) is 30.2. The highest BCUT2D eigenvalue weighted by atomic mass is 16.5. The normalized spacial score (nSPS) is 18.5. The van der Waals surface area contributed by atoms with Gasteiger partial charge in [-0.05, 0) is 44.2 Å². The number of nitrogens with zero attached hydrogens (tertiary/aromatic N) is 4. The van der Waals surface area contributed by atoms with E-state index in [4.69, 9.17) is 4.74 Å². The van der Waals surface area contributed by atoms with Crippen LogP contribution in [0.3, 0.4) is 0 Å². The van der Waals surface area contributed by atoms with E-state index in [0.717, 1.165) is 38.7 Å². The van der Waals surface area contributed by atoms with Gasteiger partial charge in [0.15, 0.2) is 5.65 Å². The molecule has 1 aliphatic heterocycles. The third-order valence-electron chi connectivity index (χ3n) is 5.84. The van der Waals surface area contributed by atoms with Crippen molar-refractivity contribution in [3.63, 3.8) is 0 Å². The van der Waals surface area contributed by atoms with Gasteiger partial charge in [0, 0.05) is 32.0 Å². The molecule has 4 heterocycles. The van der Waals surface area contributed by atoms with E-state index < -0.39 is 0 Å². The van der Waals surface area contributed by atoms with Crippen LogP contribution in [0.15, 0.2) is 35.4 Å². The highest BCUT2D eigenvalue weighted by molar-refractivity contribution is 6.00. The van der Waals surface area contributed by atoms with Crippen molar-refractivity contribution in [1.82, 2.24) is 24.5 Å². The third-order valence-corrected chi connectivity index (χ3v) is 5.84. The van der Waals surface area contributed by atoms with Crippen molar-refractivity contribution < 1.29 is 9.53 Å². The Kier molecular flexibility index (Phi) is 5.52. The molecule has 5 rings (SSSR count). The maximum atomic E-state index is 13.0. The van der Waals surface area contributed by atoms with Gasteiger partial charge in [-0.3, -0.25) is 9.59 Å². The Hall–Kier alpha value is -3.40. The molecule has 0 spiro atoms. The molecular weight excluding hydrogens is 410 g/mol. The highest BCUT2D eigenvalue weighted by Crippen LogP contribution is 2.23. The van der Waals surface area contributed by atoms with Crippen molar-refractivity contribution >= 4 is 28.9 Å². The van der Waals surface area contributed by atoms with Crippen LogP contribution in [0.2, 0.25) is 0 Å². The van der Waals surface area contributed by atoms with Crippen LogP contribution >= 0.6 is 0 Å². The maximum absolute atomic E-state index is 13.0. The molecule has 10 heteroatoms. The first-order valence-electron chi connectivity index (χ1n) is 11.1. The fraction of sp³-hybridized carbons (Fsp3) is 0.455. The summed E-state index contributed by atoms with van der Waals surface area (Å²) in [5, 5.41) is 13.5. The van der Waals surface area contributed by atoms with Gasteiger partial charge in [0.1, 0.15) is 22.9 Å². The van der Waals surface area contributed by atoms with E-state index in [1.54, 1.807) is 34.5 Å². The first-order chi connectivity index (χ1) is 15.6. The van der Waals surface area contributed by atoms with Gasteiger partial charge in [-0.25, -0.2) is 4.98 Å². The number of carbonyl (C=O) groups excluding carboxylic acids is 1. The van der Waals surface area contributed by atoms with Crippen molar-refractivity contribution in [1.29, 1.82) is 0 Å². The van der Waals surface area contributed by atoms with Crippen molar-refractivity contribution in [2.75, 3.05) is 24.3 Å². The molecule has 168 valence electrons. The fourth-order valence-electron chi connectivity index (χ4n) is 3.94. The summed E-state index contributed by atoms with van der Waals surface area (Å²) < 4.78 is 9.03. The van der Waals surface area contributed by atoms with Gasteiger partial charge in [-0.2, -0.15) is 9.61 Å². The number of pyridine rings is 1. The van der Waals surface area contributed by atoms with Crippen LogP contribution in [-0.2, 0) is 11.3 Å². The van der Waals surface area contributed by atoms with Gasteiger partial charge < -0.3 is 25.3 Å². The lowest BCUT2D eigenvalue weighted by Gasteiger charge is -2.23. The van der Waals surface area contributed by atoms with Crippen molar-refractivity contribution in [2.24, 2.45) is 0 Å². The summed E-state index contributed by atoms with van der Waals surface area (Å²) in [7, 11) is 1.77. The molecular formula is C22H27N7O3. The molecule has 1 saturated carbocycles. The summed E-state index contributed by atoms with van der Waals surface area (Å²) in [6.45, 7) is 1.27. The molecule has 1 amide bonds. The second-order valence-electron chi connectivity index (χ2n) is 8.31. The SMILES string of the molecule is CNc1cc(Nc2cccn(C[C@H]3CCCCO3)c2=O)nc2c(C(=O)NC3CC3)cnn12. The smallest absolute Gasteiger partial charge is 0.274 e. The Morgan fingerprint density at radius 1 is 1.28 bits per heavy atom. The summed E-state index contributed by atoms with van der Waals surface area (Å²) in [5.41, 5.74) is 1.08. The lowest BCUT2D eigenvalue weighted by Crippen LogP contribution is -2.31. The average Bonchev–Trinajstić information content (AvgIpc) is 3.51. The minimum Gasteiger partial charge on any atom is -0.376 e. The number of ether oxygens (including phenoxy) is 1. The summed E-state index contributed by atoms with van der Waals surface area (Å²) in [6, 6.07) is 5.54. The van der Waals surface area contributed by atoms with E-state index >= 15 is 0 Å². The zero-order valence-corrected chi connectivity index (χ0v) is 18.0. The fourth-order valence-corrected chi connectivity index (χ4v) is 3.94. The van der Waals surface area contributed by atoms with E-state index in [1.165, 1.54) is 6.20 Å². The molecule has 3 aromatic rings. The van der Waals surface area contributed by atoms with Gasteiger partial charge in [-0.15, -0.1) is 0 Å². The summed E-state index contributed by atoms with van der Waals surface area (Å²) in [5.74, 6) is 0.908. The van der Waals surface area contributed by atoms with E-state index in [0.29, 0.717) is 35.1 Å². The molecule has 0 radical (unpaired) electrons. The lowest BCUT2D eigenvalue weighted by molar-refractivity contribution is 0.00546. The Balaban J connectivity index is 1.44. The minimum atomic E-state index is -0.191. The second-order valence-corrected chi connectivity index (χ2v) is 8.31. The zero-order chi connectivity index (χ0) is 22.1. The van der Waals surface area contributed by atoms with Gasteiger partial charge in [0.2, 0.25) is 0 Å². The molecule has 10 nitrogen and oxygen atoms in total. The first-order valence-corrected chi connectivity index (χ1v) is 11.1. The number of amides is 1. The van der Waals surface area contributed by atoms with Crippen LogP contribution in [0.1, 0.15) is 42.5 Å². The quantitative estimate of drug-likeness (QED) is 0.519. The Morgan fingerprint density at radius 3 is 2.91 bits per heavy atom. The van der Waals surface area contributed by atoms with Gasteiger partial charge in [0.25, 0.3) is 11.5 Å².